The lowest BCUT2D eigenvalue weighted by atomic mass is 9.95. The number of amides is 2. The molecular weight excluding hydrogens is 462 g/mol. The van der Waals surface area contributed by atoms with Crippen LogP contribution in [0.25, 0.3) is 16.7 Å². The van der Waals surface area contributed by atoms with Gasteiger partial charge in [0.1, 0.15) is 5.57 Å². The lowest BCUT2D eigenvalue weighted by Crippen LogP contribution is -2.53. The van der Waals surface area contributed by atoms with Gasteiger partial charge in [-0.15, -0.1) is 0 Å². The topological polar surface area (TPSA) is 40.6 Å². The van der Waals surface area contributed by atoms with E-state index in [0.29, 0.717) is 47.9 Å². The average Bonchev–Trinajstić information content (AvgIpc) is 2.93. The number of hydrogen-bond acceptors (Lipinski definition) is 3. The van der Waals surface area contributed by atoms with Gasteiger partial charge in [-0.3, -0.25) is 19.4 Å². The molecule has 1 fully saturated rings. The maximum Gasteiger partial charge on any atom is 0.266 e. The second-order valence-electron chi connectivity index (χ2n) is 6.38. The summed E-state index contributed by atoms with van der Waals surface area (Å²) in [5.41, 5.74) is 2.63. The fraction of sp³-hybridized carbons (Fsp3) is 0.105. The van der Waals surface area contributed by atoms with E-state index < -0.39 is 11.8 Å². The molecule has 4 nitrogen and oxygen atoms in total. The number of thiocarbonyl (C=S) groups is 1. The number of nitrogens with zero attached hydrogens (tertiary/aromatic N) is 2. The molecule has 28 heavy (non-hydrogen) atoms. The largest absolute Gasteiger partial charge is 0.288 e. The molecule has 2 amide bonds. The quantitative estimate of drug-likeness (QED) is 0.254. The van der Waals surface area contributed by atoms with E-state index in [1.807, 2.05) is 0 Å². The summed E-state index contributed by atoms with van der Waals surface area (Å²) in [4.78, 5) is 28.6. The normalized spacial score (nSPS) is 16.1. The van der Waals surface area contributed by atoms with Gasteiger partial charge < -0.3 is 0 Å². The minimum absolute atomic E-state index is 0.0460. The summed E-state index contributed by atoms with van der Waals surface area (Å²) in [5, 5.41) is 1.56. The minimum atomic E-state index is -0.519. The Labute approximate surface area is 186 Å². The molecule has 0 N–H and O–H groups in total. The van der Waals surface area contributed by atoms with Gasteiger partial charge in [0.2, 0.25) is 0 Å². The van der Waals surface area contributed by atoms with Crippen molar-refractivity contribution in [2.75, 3.05) is 14.1 Å². The van der Waals surface area contributed by atoms with E-state index in [0.717, 1.165) is 0 Å². The molecule has 2 aromatic rings. The van der Waals surface area contributed by atoms with Crippen molar-refractivity contribution in [3.05, 3.63) is 61.1 Å². The van der Waals surface area contributed by atoms with Gasteiger partial charge >= 0.3 is 0 Å². The highest BCUT2D eigenvalue weighted by Gasteiger charge is 2.41. The van der Waals surface area contributed by atoms with Gasteiger partial charge in [-0.2, -0.15) is 0 Å². The third kappa shape index (κ3) is 2.69. The van der Waals surface area contributed by atoms with Crippen molar-refractivity contribution in [2.45, 2.75) is 0 Å². The molecule has 0 saturated carbocycles. The molecule has 9 heteroatoms. The van der Waals surface area contributed by atoms with Crippen molar-refractivity contribution < 1.29 is 9.59 Å². The molecule has 0 bridgehead atoms. The Bertz CT molecular complexity index is 1070. The molecule has 0 unspecified atom stereocenters. The van der Waals surface area contributed by atoms with E-state index in [2.05, 4.69) is 0 Å². The Morgan fingerprint density at radius 1 is 0.714 bits per heavy atom. The van der Waals surface area contributed by atoms with Gasteiger partial charge in [0, 0.05) is 40.8 Å². The van der Waals surface area contributed by atoms with Crippen molar-refractivity contribution in [3.8, 4) is 11.1 Å². The number of likely N-dealkylation sites (N-methyl/N-ethyl adjacent to an activating group) is 2. The van der Waals surface area contributed by atoms with E-state index >= 15 is 0 Å². The highest BCUT2D eigenvalue weighted by molar-refractivity contribution is 7.80. The van der Waals surface area contributed by atoms with Crippen LogP contribution in [-0.2, 0) is 9.59 Å². The van der Waals surface area contributed by atoms with Crippen LogP contribution in [0, 0.1) is 0 Å². The van der Waals surface area contributed by atoms with Crippen LogP contribution in [0.3, 0.4) is 0 Å². The van der Waals surface area contributed by atoms with Crippen LogP contribution in [0.2, 0.25) is 20.1 Å². The molecule has 1 heterocycles. The van der Waals surface area contributed by atoms with Gasteiger partial charge in [0.05, 0.1) is 10.0 Å². The van der Waals surface area contributed by atoms with E-state index in [9.17, 15) is 9.59 Å². The van der Waals surface area contributed by atoms with Crippen LogP contribution in [0.5, 0.6) is 0 Å². The van der Waals surface area contributed by atoms with Crippen LogP contribution in [0.4, 0.5) is 0 Å². The van der Waals surface area contributed by atoms with Crippen molar-refractivity contribution >= 4 is 81.1 Å². The highest BCUT2D eigenvalue weighted by atomic mass is 35.5. The van der Waals surface area contributed by atoms with Gasteiger partial charge in [0.15, 0.2) is 5.11 Å². The number of halogens is 4. The number of hydrogen-bond donors (Lipinski definition) is 0. The Morgan fingerprint density at radius 2 is 1.11 bits per heavy atom. The molecule has 0 atom stereocenters. The number of carbonyl (C=O) groups is 2. The fourth-order valence-electron chi connectivity index (χ4n) is 3.50. The zero-order valence-electron chi connectivity index (χ0n) is 14.4. The summed E-state index contributed by atoms with van der Waals surface area (Å²) in [6.07, 6.45) is 0. The predicted molar refractivity (Wildman–Crippen MR) is 116 cm³/mol. The van der Waals surface area contributed by atoms with E-state index in [4.69, 9.17) is 58.6 Å². The molecule has 1 saturated heterocycles. The molecule has 0 radical (unpaired) electrons. The molecule has 0 aromatic heterocycles. The molecular formula is C19H10Cl4N2O2S. The molecule has 142 valence electrons. The zero-order chi connectivity index (χ0) is 20.5. The van der Waals surface area contributed by atoms with E-state index in [1.165, 1.54) is 23.9 Å². The standard InChI is InChI=1S/C19H10Cl4N2O2S/c1-24-17(26)16(18(27)25(2)19(24)28)13-9-3-7(20)5-11(22)14(9)15-10(13)4-8(21)6-12(15)23/h3-6H,1-2H3. The SMILES string of the molecule is CN1C(=O)C(=C2c3cc(Cl)cc(Cl)c3-c3c(Cl)cc(Cl)cc32)C(=O)N(C)C1=S. The molecule has 4 rings (SSSR count). The van der Waals surface area contributed by atoms with Gasteiger partial charge in [0.25, 0.3) is 11.8 Å². The Kier molecular flexibility index (Phi) is 4.72. The second-order valence-corrected chi connectivity index (χ2v) is 8.43. The summed E-state index contributed by atoms with van der Waals surface area (Å²) < 4.78 is 0. The first-order valence-corrected chi connectivity index (χ1v) is 9.89. The van der Waals surface area contributed by atoms with Crippen molar-refractivity contribution in [1.29, 1.82) is 0 Å². The van der Waals surface area contributed by atoms with E-state index in [1.54, 1.807) is 24.3 Å². The Hall–Kier alpha value is -1.63. The first kappa shape index (κ1) is 19.7. The monoisotopic (exact) mass is 470 g/mol. The summed E-state index contributed by atoms with van der Waals surface area (Å²) in [6, 6.07) is 6.48. The third-order valence-corrected chi connectivity index (χ3v) is 6.34. The van der Waals surface area contributed by atoms with Crippen LogP contribution in [0.1, 0.15) is 11.1 Å². The number of fused-ring (bicyclic) bond motifs is 3. The molecule has 2 aromatic carbocycles. The first-order valence-electron chi connectivity index (χ1n) is 7.97. The summed E-state index contributed by atoms with van der Waals surface area (Å²) >= 11 is 30.5. The van der Waals surface area contributed by atoms with Gasteiger partial charge in [-0.1, -0.05) is 46.4 Å². The fourth-order valence-corrected chi connectivity index (χ4v) is 4.85. The Morgan fingerprint density at radius 3 is 1.50 bits per heavy atom. The predicted octanol–water partition coefficient (Wildman–Crippen LogP) is 5.30. The molecule has 1 aliphatic carbocycles. The van der Waals surface area contributed by atoms with Crippen molar-refractivity contribution in [3.63, 3.8) is 0 Å². The molecule has 0 spiro atoms. The maximum absolute atomic E-state index is 13.0. The molecule has 1 aliphatic heterocycles. The van der Waals surface area contributed by atoms with Crippen LogP contribution >= 0.6 is 58.6 Å². The third-order valence-electron chi connectivity index (χ3n) is 4.76. The van der Waals surface area contributed by atoms with Crippen LogP contribution in [-0.4, -0.2) is 40.8 Å². The summed E-state index contributed by atoms with van der Waals surface area (Å²) in [7, 11) is 3.03. The highest BCUT2D eigenvalue weighted by Crippen LogP contribution is 2.53. The van der Waals surface area contributed by atoms with Gasteiger partial charge in [-0.25, -0.2) is 0 Å². The number of rotatable bonds is 0. The summed E-state index contributed by atoms with van der Waals surface area (Å²) in [5.74, 6) is -1.04. The first-order chi connectivity index (χ1) is 13.1. The summed E-state index contributed by atoms with van der Waals surface area (Å²) in [6.45, 7) is 0. The lowest BCUT2D eigenvalue weighted by molar-refractivity contribution is -0.132. The average molecular weight is 472 g/mol. The number of carbonyl (C=O) groups excluding carboxylic acids is 2. The minimum Gasteiger partial charge on any atom is -0.288 e. The van der Waals surface area contributed by atoms with Crippen LogP contribution < -0.4 is 0 Å². The lowest BCUT2D eigenvalue weighted by Gasteiger charge is -2.32. The van der Waals surface area contributed by atoms with Crippen molar-refractivity contribution in [2.24, 2.45) is 0 Å². The molecule has 2 aliphatic rings. The number of benzene rings is 2. The Balaban J connectivity index is 2.18. The smallest absolute Gasteiger partial charge is 0.266 e. The van der Waals surface area contributed by atoms with Gasteiger partial charge in [-0.05, 0) is 47.6 Å². The maximum atomic E-state index is 13.0. The van der Waals surface area contributed by atoms with E-state index in [-0.39, 0.29) is 10.7 Å². The van der Waals surface area contributed by atoms with Crippen molar-refractivity contribution in [1.82, 2.24) is 9.80 Å². The zero-order valence-corrected chi connectivity index (χ0v) is 18.3. The second kappa shape index (κ2) is 6.71. The van der Waals surface area contributed by atoms with Crippen LogP contribution in [0.15, 0.2) is 29.8 Å².